The van der Waals surface area contributed by atoms with Crippen LogP contribution in [0, 0.1) is 0 Å². The molecule has 8 nitrogen and oxygen atoms in total. The van der Waals surface area contributed by atoms with Gasteiger partial charge in [0.05, 0.1) is 19.8 Å². The molecular formula is C23H28N4O4. The van der Waals surface area contributed by atoms with Gasteiger partial charge in [-0.25, -0.2) is 14.2 Å². The second kappa shape index (κ2) is 9.51. The number of hydrogen-bond acceptors (Lipinski definition) is 6. The molecule has 1 heterocycles. The number of benzene rings is 2. The van der Waals surface area contributed by atoms with Crippen molar-refractivity contribution < 1.29 is 9.47 Å². The van der Waals surface area contributed by atoms with Gasteiger partial charge in [0, 0.05) is 11.7 Å². The van der Waals surface area contributed by atoms with Crippen molar-refractivity contribution in [3.63, 3.8) is 0 Å². The molecule has 0 aliphatic heterocycles. The number of hydrogen-bond donors (Lipinski definition) is 1. The van der Waals surface area contributed by atoms with E-state index >= 15 is 0 Å². The van der Waals surface area contributed by atoms with Crippen LogP contribution in [0.15, 0.2) is 58.1 Å². The van der Waals surface area contributed by atoms with Crippen molar-refractivity contribution in [2.75, 3.05) is 12.4 Å². The van der Waals surface area contributed by atoms with Crippen LogP contribution in [0.4, 0.5) is 11.6 Å². The third kappa shape index (κ3) is 5.33. The molecule has 1 N–H and O–H groups in total. The van der Waals surface area contributed by atoms with Crippen LogP contribution >= 0.6 is 0 Å². The number of anilines is 2. The minimum atomic E-state index is -0.593. The fourth-order valence-electron chi connectivity index (χ4n) is 3.16. The molecule has 0 aliphatic carbocycles. The van der Waals surface area contributed by atoms with Crippen molar-refractivity contribution in [2.45, 2.75) is 46.4 Å². The van der Waals surface area contributed by atoms with Gasteiger partial charge < -0.3 is 14.8 Å². The first-order valence-corrected chi connectivity index (χ1v) is 10.2. The van der Waals surface area contributed by atoms with Gasteiger partial charge in [-0.2, -0.15) is 4.98 Å². The molecule has 0 saturated carbocycles. The Morgan fingerprint density at radius 1 is 1.00 bits per heavy atom. The van der Waals surface area contributed by atoms with E-state index in [9.17, 15) is 9.59 Å². The van der Waals surface area contributed by atoms with E-state index < -0.39 is 11.4 Å². The highest BCUT2D eigenvalue weighted by Crippen LogP contribution is 2.20. The summed E-state index contributed by atoms with van der Waals surface area (Å²) in [6.45, 7) is 7.70. The van der Waals surface area contributed by atoms with Crippen LogP contribution in [-0.2, 0) is 6.54 Å². The minimum absolute atomic E-state index is 0.0668. The number of methoxy groups -OCH3 is 1. The quantitative estimate of drug-likeness (QED) is 0.595. The van der Waals surface area contributed by atoms with E-state index in [0.29, 0.717) is 11.4 Å². The molecule has 3 rings (SSSR count). The standard InChI is InChI=1S/C23H28N4O4/c1-15(2)27-22(28)25-21(24-18-9-11-19(12-10-18)31-16(3)4)26(23(27)29)14-17-7-6-8-20(13-17)30-5/h6-13,15-16H,14H2,1-5H3,(H,24,25,28). The predicted molar refractivity (Wildman–Crippen MR) is 121 cm³/mol. The van der Waals surface area contributed by atoms with Crippen LogP contribution in [-0.4, -0.2) is 27.3 Å². The van der Waals surface area contributed by atoms with Crippen molar-refractivity contribution >= 4 is 11.6 Å². The number of aromatic nitrogens is 3. The lowest BCUT2D eigenvalue weighted by atomic mass is 10.2. The van der Waals surface area contributed by atoms with E-state index in [-0.39, 0.29) is 24.6 Å². The van der Waals surface area contributed by atoms with Gasteiger partial charge in [0.25, 0.3) is 0 Å². The first-order valence-electron chi connectivity index (χ1n) is 10.2. The lowest BCUT2D eigenvalue weighted by Crippen LogP contribution is -2.43. The summed E-state index contributed by atoms with van der Waals surface area (Å²) in [4.78, 5) is 29.9. The van der Waals surface area contributed by atoms with Gasteiger partial charge in [-0.1, -0.05) is 12.1 Å². The van der Waals surface area contributed by atoms with Gasteiger partial charge in [-0.3, -0.25) is 4.57 Å². The molecule has 0 aliphatic rings. The third-order valence-corrected chi connectivity index (χ3v) is 4.57. The van der Waals surface area contributed by atoms with E-state index in [1.807, 2.05) is 62.4 Å². The molecule has 0 saturated heterocycles. The van der Waals surface area contributed by atoms with Crippen LogP contribution in [0.1, 0.15) is 39.3 Å². The van der Waals surface area contributed by atoms with Crippen LogP contribution in [0.5, 0.6) is 11.5 Å². The maximum absolute atomic E-state index is 13.2. The molecule has 0 fully saturated rings. The Bertz CT molecular complexity index is 1150. The Morgan fingerprint density at radius 3 is 2.32 bits per heavy atom. The molecule has 164 valence electrons. The highest BCUT2D eigenvalue weighted by Gasteiger charge is 2.16. The second-order valence-corrected chi connectivity index (χ2v) is 7.72. The molecule has 0 bridgehead atoms. The molecule has 0 atom stereocenters. The number of nitrogens with one attached hydrogen (secondary N) is 1. The fourth-order valence-corrected chi connectivity index (χ4v) is 3.16. The van der Waals surface area contributed by atoms with Crippen LogP contribution < -0.4 is 26.2 Å². The molecule has 1 aromatic heterocycles. The molecule has 0 radical (unpaired) electrons. The Morgan fingerprint density at radius 2 is 1.71 bits per heavy atom. The van der Waals surface area contributed by atoms with E-state index in [2.05, 4.69) is 10.3 Å². The highest BCUT2D eigenvalue weighted by atomic mass is 16.5. The third-order valence-electron chi connectivity index (χ3n) is 4.57. The van der Waals surface area contributed by atoms with Crippen molar-refractivity contribution in [3.8, 4) is 11.5 Å². The largest absolute Gasteiger partial charge is 0.497 e. The van der Waals surface area contributed by atoms with Gasteiger partial charge >= 0.3 is 11.4 Å². The van der Waals surface area contributed by atoms with Gasteiger partial charge in [-0.15, -0.1) is 0 Å². The maximum Gasteiger partial charge on any atom is 0.355 e. The molecule has 0 unspecified atom stereocenters. The Labute approximate surface area is 181 Å². The monoisotopic (exact) mass is 424 g/mol. The van der Waals surface area contributed by atoms with Crippen LogP contribution in [0.2, 0.25) is 0 Å². The highest BCUT2D eigenvalue weighted by molar-refractivity contribution is 5.54. The van der Waals surface area contributed by atoms with E-state index in [1.54, 1.807) is 21.0 Å². The summed E-state index contributed by atoms with van der Waals surface area (Å²) in [6.07, 6.45) is 0.0668. The van der Waals surface area contributed by atoms with Crippen molar-refractivity contribution in [2.24, 2.45) is 0 Å². The number of ether oxygens (including phenoxy) is 2. The lowest BCUT2D eigenvalue weighted by molar-refractivity contribution is 0.242. The van der Waals surface area contributed by atoms with Gasteiger partial charge in [-0.05, 0) is 69.7 Å². The first kappa shape index (κ1) is 22.1. The number of nitrogens with zero attached hydrogens (tertiary/aromatic N) is 3. The van der Waals surface area contributed by atoms with Gasteiger partial charge in [0.2, 0.25) is 5.95 Å². The molecule has 3 aromatic rings. The van der Waals surface area contributed by atoms with Crippen LogP contribution in [0.25, 0.3) is 0 Å². The zero-order valence-electron chi connectivity index (χ0n) is 18.5. The maximum atomic E-state index is 13.2. The SMILES string of the molecule is COc1cccc(Cn2c(Nc3ccc(OC(C)C)cc3)nc(=O)n(C(C)C)c2=O)c1. The normalized spacial score (nSPS) is 11.1. The summed E-state index contributed by atoms with van der Waals surface area (Å²) >= 11 is 0. The summed E-state index contributed by atoms with van der Waals surface area (Å²) in [5, 5.41) is 3.10. The van der Waals surface area contributed by atoms with Gasteiger partial charge in [0.15, 0.2) is 0 Å². The lowest BCUT2D eigenvalue weighted by Gasteiger charge is -2.17. The average Bonchev–Trinajstić information content (AvgIpc) is 2.71. The zero-order chi connectivity index (χ0) is 22.5. The Hall–Kier alpha value is -3.55. The Kier molecular flexibility index (Phi) is 6.79. The second-order valence-electron chi connectivity index (χ2n) is 7.72. The smallest absolute Gasteiger partial charge is 0.355 e. The van der Waals surface area contributed by atoms with Crippen molar-refractivity contribution in [1.82, 2.24) is 14.1 Å². The molecule has 8 heteroatoms. The van der Waals surface area contributed by atoms with Crippen molar-refractivity contribution in [3.05, 3.63) is 75.1 Å². The molecule has 31 heavy (non-hydrogen) atoms. The topological polar surface area (TPSA) is 87.4 Å². The summed E-state index contributed by atoms with van der Waals surface area (Å²) < 4.78 is 13.5. The van der Waals surface area contributed by atoms with Gasteiger partial charge in [0.1, 0.15) is 11.5 Å². The molecule has 2 aromatic carbocycles. The van der Waals surface area contributed by atoms with E-state index in [4.69, 9.17) is 9.47 Å². The zero-order valence-corrected chi connectivity index (χ0v) is 18.5. The van der Waals surface area contributed by atoms with E-state index in [0.717, 1.165) is 15.9 Å². The first-order chi connectivity index (χ1) is 14.8. The van der Waals surface area contributed by atoms with Crippen LogP contribution in [0.3, 0.4) is 0 Å². The predicted octanol–water partition coefficient (Wildman–Crippen LogP) is 3.57. The summed E-state index contributed by atoms with van der Waals surface area (Å²) in [5.41, 5.74) is 0.509. The van der Waals surface area contributed by atoms with E-state index in [1.165, 1.54) is 4.57 Å². The van der Waals surface area contributed by atoms with Crippen molar-refractivity contribution in [1.29, 1.82) is 0 Å². The fraction of sp³-hybridized carbons (Fsp3) is 0.348. The average molecular weight is 425 g/mol. The summed E-state index contributed by atoms with van der Waals surface area (Å²) in [6, 6.07) is 14.4. The summed E-state index contributed by atoms with van der Waals surface area (Å²) in [5.74, 6) is 1.59. The Balaban J connectivity index is 2.02. The number of rotatable bonds is 8. The minimum Gasteiger partial charge on any atom is -0.497 e. The molecule has 0 spiro atoms. The summed E-state index contributed by atoms with van der Waals surface area (Å²) in [7, 11) is 1.59. The molecule has 0 amide bonds. The molecular weight excluding hydrogens is 396 g/mol.